The highest BCUT2D eigenvalue weighted by molar-refractivity contribution is 6.33. The van der Waals surface area contributed by atoms with Crippen molar-refractivity contribution < 1.29 is 4.79 Å². The Kier molecular flexibility index (Phi) is 6.78. The van der Waals surface area contributed by atoms with Gasteiger partial charge in [0.15, 0.2) is 0 Å². The van der Waals surface area contributed by atoms with Crippen LogP contribution in [0.5, 0.6) is 0 Å². The molecule has 0 unspecified atom stereocenters. The minimum atomic E-state index is -0.0599. The molecule has 1 aliphatic heterocycles. The third-order valence-electron chi connectivity index (χ3n) is 2.51. The topological polar surface area (TPSA) is 59.2 Å². The molecule has 2 heterocycles. The number of pyridine rings is 1. The van der Waals surface area contributed by atoms with Crippen LogP contribution in [0.1, 0.15) is 16.8 Å². The average Bonchev–Trinajstić information content (AvgIpc) is 2.65. The molecule has 96 valence electrons. The molecule has 1 aliphatic rings. The van der Waals surface area contributed by atoms with E-state index in [0.29, 0.717) is 23.7 Å². The van der Waals surface area contributed by atoms with Crippen molar-refractivity contribution in [1.29, 1.82) is 0 Å². The lowest BCUT2D eigenvalue weighted by Gasteiger charge is -2.16. The van der Waals surface area contributed by atoms with Crippen molar-refractivity contribution in [2.45, 2.75) is 12.5 Å². The SMILES string of the molecule is Cl.Cl.N[C@H]1CCN(C(=O)c2ccncc2Cl)C1. The van der Waals surface area contributed by atoms with Crippen LogP contribution >= 0.6 is 36.4 Å². The Morgan fingerprint density at radius 1 is 1.53 bits per heavy atom. The van der Waals surface area contributed by atoms with Gasteiger partial charge in [0.25, 0.3) is 5.91 Å². The number of aromatic nitrogens is 1. The standard InChI is InChI=1S/C10H12ClN3O.2ClH/c11-9-5-13-3-1-8(9)10(15)14-4-2-7(12)6-14;;/h1,3,5,7H,2,4,6,12H2;2*1H/t7-;;/m0../s1. The lowest BCUT2D eigenvalue weighted by atomic mass is 10.2. The Hall–Kier alpha value is -0.550. The highest BCUT2D eigenvalue weighted by atomic mass is 35.5. The second-order valence-electron chi connectivity index (χ2n) is 3.66. The van der Waals surface area contributed by atoms with Crippen molar-refractivity contribution in [3.05, 3.63) is 29.0 Å². The summed E-state index contributed by atoms with van der Waals surface area (Å²) in [6.45, 7) is 1.32. The number of carbonyl (C=O) groups excluding carboxylic acids is 1. The zero-order valence-electron chi connectivity index (χ0n) is 9.01. The number of nitrogens with two attached hydrogens (primary N) is 1. The number of rotatable bonds is 1. The molecule has 0 radical (unpaired) electrons. The summed E-state index contributed by atoms with van der Waals surface area (Å²) < 4.78 is 0. The van der Waals surface area contributed by atoms with Crippen LogP contribution in [0, 0.1) is 0 Å². The van der Waals surface area contributed by atoms with Crippen molar-refractivity contribution in [2.75, 3.05) is 13.1 Å². The number of nitrogens with zero attached hydrogens (tertiary/aromatic N) is 2. The van der Waals surface area contributed by atoms with Crippen molar-refractivity contribution in [3.8, 4) is 0 Å². The van der Waals surface area contributed by atoms with Crippen LogP contribution in [0.25, 0.3) is 0 Å². The molecule has 4 nitrogen and oxygen atoms in total. The molecule has 1 amide bonds. The molecule has 2 rings (SSSR count). The zero-order valence-corrected chi connectivity index (χ0v) is 11.4. The molecule has 0 aliphatic carbocycles. The molecule has 0 spiro atoms. The van der Waals surface area contributed by atoms with Crippen LogP contribution < -0.4 is 5.73 Å². The van der Waals surface area contributed by atoms with Gasteiger partial charge in [0.1, 0.15) is 0 Å². The fourth-order valence-corrected chi connectivity index (χ4v) is 1.89. The minimum absolute atomic E-state index is 0. The van der Waals surface area contributed by atoms with Gasteiger partial charge >= 0.3 is 0 Å². The van der Waals surface area contributed by atoms with Gasteiger partial charge in [-0.25, -0.2) is 0 Å². The van der Waals surface area contributed by atoms with Crippen molar-refractivity contribution in [3.63, 3.8) is 0 Å². The molecule has 0 aromatic carbocycles. The molecule has 7 heteroatoms. The Morgan fingerprint density at radius 3 is 2.76 bits per heavy atom. The maximum atomic E-state index is 12.0. The van der Waals surface area contributed by atoms with E-state index in [1.165, 1.54) is 6.20 Å². The quantitative estimate of drug-likeness (QED) is 0.859. The molecule has 17 heavy (non-hydrogen) atoms. The lowest BCUT2D eigenvalue weighted by Crippen LogP contribution is -2.32. The number of hydrogen-bond donors (Lipinski definition) is 1. The molecular weight excluding hydrogens is 284 g/mol. The number of carbonyl (C=O) groups is 1. The highest BCUT2D eigenvalue weighted by Crippen LogP contribution is 2.18. The largest absolute Gasteiger partial charge is 0.337 e. The summed E-state index contributed by atoms with van der Waals surface area (Å²) in [5.41, 5.74) is 6.24. The number of amides is 1. The van der Waals surface area contributed by atoms with E-state index in [2.05, 4.69) is 4.98 Å². The summed E-state index contributed by atoms with van der Waals surface area (Å²) in [7, 11) is 0. The summed E-state index contributed by atoms with van der Waals surface area (Å²) in [5, 5.41) is 0.392. The van der Waals surface area contributed by atoms with Crippen LogP contribution in [0.3, 0.4) is 0 Å². The lowest BCUT2D eigenvalue weighted by molar-refractivity contribution is 0.0791. The molecule has 1 aromatic heterocycles. The van der Waals surface area contributed by atoms with E-state index >= 15 is 0 Å². The van der Waals surface area contributed by atoms with Crippen LogP contribution in [0.15, 0.2) is 18.5 Å². The first kappa shape index (κ1) is 16.4. The van der Waals surface area contributed by atoms with E-state index < -0.39 is 0 Å². The Balaban J connectivity index is 0.00000128. The van der Waals surface area contributed by atoms with Crippen LogP contribution in [0.4, 0.5) is 0 Å². The van der Waals surface area contributed by atoms with E-state index in [9.17, 15) is 4.79 Å². The van der Waals surface area contributed by atoms with Crippen molar-refractivity contribution in [2.24, 2.45) is 5.73 Å². The fraction of sp³-hybridized carbons (Fsp3) is 0.400. The number of halogens is 3. The predicted octanol–water partition coefficient (Wildman–Crippen LogP) is 1.75. The number of likely N-dealkylation sites (tertiary alicyclic amines) is 1. The molecular formula is C10H14Cl3N3O. The van der Waals surface area contributed by atoms with Gasteiger partial charge in [0, 0.05) is 31.5 Å². The Labute approximate surface area is 117 Å². The minimum Gasteiger partial charge on any atom is -0.337 e. The van der Waals surface area contributed by atoms with Gasteiger partial charge in [0.2, 0.25) is 0 Å². The first-order chi connectivity index (χ1) is 7.18. The summed E-state index contributed by atoms with van der Waals surface area (Å²) >= 11 is 5.89. The smallest absolute Gasteiger partial charge is 0.255 e. The van der Waals surface area contributed by atoms with Gasteiger partial charge in [-0.15, -0.1) is 24.8 Å². The van der Waals surface area contributed by atoms with Gasteiger partial charge in [-0.1, -0.05) is 11.6 Å². The van der Waals surface area contributed by atoms with Crippen LogP contribution in [-0.4, -0.2) is 34.9 Å². The molecule has 1 fully saturated rings. The predicted molar refractivity (Wildman–Crippen MR) is 72.2 cm³/mol. The number of hydrogen-bond acceptors (Lipinski definition) is 3. The molecule has 1 atom stereocenters. The maximum absolute atomic E-state index is 12.0. The summed E-state index contributed by atoms with van der Waals surface area (Å²) in [6.07, 6.45) is 3.90. The Bertz CT molecular complexity index is 389. The second kappa shape index (κ2) is 7.01. The normalized spacial score (nSPS) is 18.2. The highest BCUT2D eigenvalue weighted by Gasteiger charge is 2.25. The van der Waals surface area contributed by atoms with E-state index in [-0.39, 0.29) is 36.8 Å². The van der Waals surface area contributed by atoms with Crippen LogP contribution in [0.2, 0.25) is 5.02 Å². The van der Waals surface area contributed by atoms with E-state index in [1.807, 2.05) is 0 Å². The summed E-state index contributed by atoms with van der Waals surface area (Å²) in [6, 6.07) is 1.73. The van der Waals surface area contributed by atoms with Gasteiger partial charge in [-0.2, -0.15) is 0 Å². The second-order valence-corrected chi connectivity index (χ2v) is 4.06. The van der Waals surface area contributed by atoms with Crippen molar-refractivity contribution >= 4 is 42.3 Å². The zero-order chi connectivity index (χ0) is 10.8. The van der Waals surface area contributed by atoms with E-state index in [0.717, 1.165) is 6.42 Å². The third-order valence-corrected chi connectivity index (χ3v) is 2.82. The third kappa shape index (κ3) is 3.71. The molecule has 2 N–H and O–H groups in total. The van der Waals surface area contributed by atoms with Crippen LogP contribution in [-0.2, 0) is 0 Å². The van der Waals surface area contributed by atoms with Gasteiger partial charge in [-0.05, 0) is 12.5 Å². The van der Waals surface area contributed by atoms with E-state index in [4.69, 9.17) is 17.3 Å². The average molecular weight is 299 g/mol. The Morgan fingerprint density at radius 2 is 2.24 bits per heavy atom. The summed E-state index contributed by atoms with van der Waals surface area (Å²) in [5.74, 6) is -0.0599. The van der Waals surface area contributed by atoms with Gasteiger partial charge in [0.05, 0.1) is 10.6 Å². The van der Waals surface area contributed by atoms with Gasteiger partial charge in [-0.3, -0.25) is 9.78 Å². The summed E-state index contributed by atoms with van der Waals surface area (Å²) in [4.78, 5) is 17.5. The first-order valence-electron chi connectivity index (χ1n) is 4.83. The first-order valence-corrected chi connectivity index (χ1v) is 5.20. The fourth-order valence-electron chi connectivity index (χ4n) is 1.69. The molecule has 1 aromatic rings. The van der Waals surface area contributed by atoms with Crippen molar-refractivity contribution in [1.82, 2.24) is 9.88 Å². The monoisotopic (exact) mass is 297 g/mol. The maximum Gasteiger partial charge on any atom is 0.255 e. The van der Waals surface area contributed by atoms with E-state index in [1.54, 1.807) is 17.2 Å². The molecule has 0 bridgehead atoms. The van der Waals surface area contributed by atoms with Gasteiger partial charge < -0.3 is 10.6 Å². The molecule has 0 saturated carbocycles. The molecule has 1 saturated heterocycles.